The van der Waals surface area contributed by atoms with E-state index < -0.39 is 11.8 Å². The van der Waals surface area contributed by atoms with Crippen LogP contribution in [0.5, 0.6) is 5.75 Å². The van der Waals surface area contributed by atoms with Crippen LogP contribution >= 0.6 is 0 Å². The number of carboxylic acid groups (broad SMARTS) is 1. The molecule has 2 aromatic rings. The van der Waals surface area contributed by atoms with Gasteiger partial charge in [-0.15, -0.1) is 0 Å². The van der Waals surface area contributed by atoms with Gasteiger partial charge in [-0.1, -0.05) is 12.1 Å². The lowest BCUT2D eigenvalue weighted by atomic mass is 10.2. The Morgan fingerprint density at radius 1 is 1.47 bits per heavy atom. The molecule has 1 aromatic heterocycles. The average Bonchev–Trinajstić information content (AvgIpc) is 2.81. The smallest absolute Gasteiger partial charge is 0.339 e. The first-order valence-corrected chi connectivity index (χ1v) is 5.78. The molecule has 0 amide bonds. The van der Waals surface area contributed by atoms with E-state index in [9.17, 15) is 9.18 Å². The Kier molecular flexibility index (Phi) is 3.79. The van der Waals surface area contributed by atoms with Crippen molar-refractivity contribution in [2.24, 2.45) is 0 Å². The maximum Gasteiger partial charge on any atom is 0.339 e. The zero-order chi connectivity index (χ0) is 13.8. The lowest BCUT2D eigenvalue weighted by Gasteiger charge is -2.09. The quantitative estimate of drug-likeness (QED) is 0.900. The number of hydrogen-bond acceptors (Lipinski definition) is 3. The van der Waals surface area contributed by atoms with Gasteiger partial charge in [0.05, 0.1) is 11.9 Å². The molecule has 5 nitrogen and oxygen atoms in total. The molecule has 6 heteroatoms. The SMILES string of the molecule is CCn1ncc(C(=O)O)c1COc1ccccc1F. The first-order valence-electron chi connectivity index (χ1n) is 5.78. The van der Waals surface area contributed by atoms with Crippen LogP contribution in [-0.4, -0.2) is 20.9 Å². The molecule has 2 rings (SSSR count). The van der Waals surface area contributed by atoms with E-state index in [1.54, 1.807) is 12.1 Å². The second-order valence-electron chi connectivity index (χ2n) is 3.84. The van der Waals surface area contributed by atoms with Crippen molar-refractivity contribution in [3.05, 3.63) is 47.5 Å². The molecule has 0 aliphatic carbocycles. The van der Waals surface area contributed by atoms with E-state index in [1.807, 2.05) is 6.92 Å². The predicted octanol–water partition coefficient (Wildman–Crippen LogP) is 2.32. The van der Waals surface area contributed by atoms with Crippen LogP contribution in [0.25, 0.3) is 0 Å². The molecule has 0 radical (unpaired) electrons. The molecular formula is C13H13FN2O3. The number of benzene rings is 1. The van der Waals surface area contributed by atoms with Crippen molar-refractivity contribution in [3.63, 3.8) is 0 Å². The van der Waals surface area contributed by atoms with Crippen LogP contribution in [0.2, 0.25) is 0 Å². The Labute approximate surface area is 109 Å². The van der Waals surface area contributed by atoms with Crippen molar-refractivity contribution >= 4 is 5.97 Å². The molecule has 1 aromatic carbocycles. The number of carboxylic acids is 1. The normalized spacial score (nSPS) is 10.4. The van der Waals surface area contributed by atoms with Crippen LogP contribution in [0.3, 0.4) is 0 Å². The Hall–Kier alpha value is -2.37. The van der Waals surface area contributed by atoms with E-state index in [4.69, 9.17) is 9.84 Å². The van der Waals surface area contributed by atoms with Gasteiger partial charge in [-0.25, -0.2) is 9.18 Å². The lowest BCUT2D eigenvalue weighted by Crippen LogP contribution is -2.10. The number of aryl methyl sites for hydroxylation is 1. The van der Waals surface area contributed by atoms with Gasteiger partial charge >= 0.3 is 5.97 Å². The standard InChI is InChI=1S/C13H13FN2O3/c1-2-16-11(9(7-15-16)13(17)18)8-19-12-6-4-3-5-10(12)14/h3-7H,2,8H2,1H3,(H,17,18). The number of carbonyl (C=O) groups is 1. The van der Waals surface area contributed by atoms with E-state index in [0.717, 1.165) is 0 Å². The molecule has 0 saturated carbocycles. The van der Waals surface area contributed by atoms with Gasteiger partial charge in [-0.2, -0.15) is 5.10 Å². The number of nitrogens with zero attached hydrogens (tertiary/aromatic N) is 2. The summed E-state index contributed by atoms with van der Waals surface area (Å²) in [4.78, 5) is 11.0. The van der Waals surface area contributed by atoms with E-state index in [0.29, 0.717) is 12.2 Å². The second kappa shape index (κ2) is 5.51. The van der Waals surface area contributed by atoms with E-state index in [-0.39, 0.29) is 17.9 Å². The highest BCUT2D eigenvalue weighted by Crippen LogP contribution is 2.18. The van der Waals surface area contributed by atoms with Crippen LogP contribution in [0.1, 0.15) is 23.0 Å². The summed E-state index contributed by atoms with van der Waals surface area (Å²) in [5.41, 5.74) is 0.483. The minimum Gasteiger partial charge on any atom is -0.484 e. The van der Waals surface area contributed by atoms with Crippen molar-refractivity contribution in [2.75, 3.05) is 0 Å². The summed E-state index contributed by atoms with van der Waals surface area (Å²) in [6.07, 6.45) is 1.27. The monoisotopic (exact) mass is 264 g/mol. The molecule has 0 aliphatic rings. The third-order valence-electron chi connectivity index (χ3n) is 2.68. The number of aromatic carboxylic acids is 1. The van der Waals surface area contributed by atoms with E-state index in [1.165, 1.54) is 23.0 Å². The summed E-state index contributed by atoms with van der Waals surface area (Å²) >= 11 is 0. The third kappa shape index (κ3) is 2.73. The largest absolute Gasteiger partial charge is 0.484 e. The number of hydrogen-bond donors (Lipinski definition) is 1. The molecule has 19 heavy (non-hydrogen) atoms. The number of rotatable bonds is 5. The fourth-order valence-corrected chi connectivity index (χ4v) is 1.72. The lowest BCUT2D eigenvalue weighted by molar-refractivity contribution is 0.0693. The second-order valence-corrected chi connectivity index (χ2v) is 3.84. The molecule has 0 aliphatic heterocycles. The van der Waals surface area contributed by atoms with Gasteiger partial charge in [0.2, 0.25) is 0 Å². The Morgan fingerprint density at radius 2 is 2.21 bits per heavy atom. The van der Waals surface area contributed by atoms with Crippen molar-refractivity contribution < 1.29 is 19.0 Å². The van der Waals surface area contributed by atoms with Crippen LogP contribution in [0, 0.1) is 5.82 Å². The fraction of sp³-hybridized carbons (Fsp3) is 0.231. The van der Waals surface area contributed by atoms with Gasteiger partial charge in [-0.05, 0) is 19.1 Å². The first kappa shape index (κ1) is 13.1. The van der Waals surface area contributed by atoms with Crippen LogP contribution in [0.15, 0.2) is 30.5 Å². The van der Waals surface area contributed by atoms with Crippen molar-refractivity contribution in [1.29, 1.82) is 0 Å². The maximum absolute atomic E-state index is 13.4. The summed E-state index contributed by atoms with van der Waals surface area (Å²) in [7, 11) is 0. The molecule has 1 heterocycles. The highest BCUT2D eigenvalue weighted by atomic mass is 19.1. The Morgan fingerprint density at radius 3 is 2.84 bits per heavy atom. The third-order valence-corrected chi connectivity index (χ3v) is 2.68. The van der Waals surface area contributed by atoms with Crippen molar-refractivity contribution in [1.82, 2.24) is 9.78 Å². The fourth-order valence-electron chi connectivity index (χ4n) is 1.72. The average molecular weight is 264 g/mol. The molecule has 0 saturated heterocycles. The van der Waals surface area contributed by atoms with Crippen LogP contribution < -0.4 is 4.74 Å². The Bertz CT molecular complexity index is 595. The topological polar surface area (TPSA) is 64.4 Å². The molecule has 0 bridgehead atoms. The van der Waals surface area contributed by atoms with E-state index >= 15 is 0 Å². The van der Waals surface area contributed by atoms with Gasteiger partial charge in [0, 0.05) is 6.54 Å². The highest BCUT2D eigenvalue weighted by molar-refractivity contribution is 5.88. The van der Waals surface area contributed by atoms with Gasteiger partial charge in [-0.3, -0.25) is 4.68 Å². The van der Waals surface area contributed by atoms with Gasteiger partial charge in [0.25, 0.3) is 0 Å². The van der Waals surface area contributed by atoms with Crippen molar-refractivity contribution in [2.45, 2.75) is 20.1 Å². The predicted molar refractivity (Wildman–Crippen MR) is 65.6 cm³/mol. The van der Waals surface area contributed by atoms with Crippen LogP contribution in [-0.2, 0) is 13.2 Å². The number of ether oxygens (including phenoxy) is 1. The van der Waals surface area contributed by atoms with Crippen LogP contribution in [0.4, 0.5) is 4.39 Å². The van der Waals surface area contributed by atoms with Gasteiger partial charge in [0.1, 0.15) is 12.2 Å². The minimum absolute atomic E-state index is 0.0452. The molecule has 0 atom stereocenters. The summed E-state index contributed by atoms with van der Waals surface area (Å²) in [6, 6.07) is 5.97. The Balaban J connectivity index is 2.21. The zero-order valence-electron chi connectivity index (χ0n) is 10.3. The van der Waals surface area contributed by atoms with Gasteiger partial charge in [0.15, 0.2) is 11.6 Å². The molecule has 0 unspecified atom stereocenters. The van der Waals surface area contributed by atoms with Gasteiger partial charge < -0.3 is 9.84 Å². The zero-order valence-corrected chi connectivity index (χ0v) is 10.3. The molecular weight excluding hydrogens is 251 g/mol. The summed E-state index contributed by atoms with van der Waals surface area (Å²) in [6.45, 7) is 2.31. The molecule has 100 valence electrons. The molecule has 0 spiro atoms. The molecule has 1 N–H and O–H groups in total. The minimum atomic E-state index is -1.08. The number of para-hydroxylation sites is 1. The van der Waals surface area contributed by atoms with E-state index in [2.05, 4.69) is 5.10 Å². The molecule has 0 fully saturated rings. The maximum atomic E-state index is 13.4. The van der Waals surface area contributed by atoms with Crippen molar-refractivity contribution in [3.8, 4) is 5.75 Å². The number of halogens is 1. The summed E-state index contributed by atoms with van der Waals surface area (Å²) in [5, 5.41) is 13.0. The first-order chi connectivity index (χ1) is 9.13. The highest BCUT2D eigenvalue weighted by Gasteiger charge is 2.17. The summed E-state index contributed by atoms with van der Waals surface area (Å²) in [5.74, 6) is -1.48. The number of aromatic nitrogens is 2. The summed E-state index contributed by atoms with van der Waals surface area (Å²) < 4.78 is 20.2.